The van der Waals surface area contributed by atoms with Gasteiger partial charge in [-0.3, -0.25) is 0 Å². The molecule has 0 radical (unpaired) electrons. The smallest absolute Gasteiger partial charge is 0.133 e. The lowest BCUT2D eigenvalue weighted by molar-refractivity contribution is 0.503. The third-order valence-corrected chi connectivity index (χ3v) is 1.84. The van der Waals surface area contributed by atoms with E-state index in [1.807, 2.05) is 0 Å². The molecule has 0 spiro atoms. The second-order valence-corrected chi connectivity index (χ2v) is 2.91. The van der Waals surface area contributed by atoms with Crippen LogP contribution in [0.1, 0.15) is 18.0 Å². The van der Waals surface area contributed by atoms with E-state index in [0.717, 1.165) is 0 Å². The zero-order valence-corrected chi connectivity index (χ0v) is 8.66. The molecule has 0 fully saturated rings. The van der Waals surface area contributed by atoms with Gasteiger partial charge in [0.25, 0.3) is 0 Å². The fraction of sp³-hybridized carbons (Fsp3) is 0.200. The molecule has 1 aromatic carbocycles. The minimum atomic E-state index is -0.961. The second kappa shape index (κ2) is 5.78. The molecule has 1 atom stereocenters. The van der Waals surface area contributed by atoms with Crippen molar-refractivity contribution in [1.82, 2.24) is 0 Å². The van der Waals surface area contributed by atoms with Gasteiger partial charge in [0.15, 0.2) is 0 Å². The molecule has 1 aromatic rings. The minimum Gasteiger partial charge on any atom is -0.324 e. The van der Waals surface area contributed by atoms with Crippen LogP contribution in [-0.2, 0) is 0 Å². The van der Waals surface area contributed by atoms with Crippen LogP contribution in [0.15, 0.2) is 24.8 Å². The number of halogens is 4. The van der Waals surface area contributed by atoms with Crippen LogP contribution in [0.4, 0.5) is 13.2 Å². The Kier molecular flexibility index (Phi) is 5.39. The molecule has 15 heavy (non-hydrogen) atoms. The predicted molar refractivity (Wildman–Crippen MR) is 55.3 cm³/mol. The van der Waals surface area contributed by atoms with Crippen LogP contribution in [0.5, 0.6) is 0 Å². The average Bonchev–Trinajstić information content (AvgIpc) is 2.01. The second-order valence-electron chi connectivity index (χ2n) is 2.91. The summed E-state index contributed by atoms with van der Waals surface area (Å²) in [6.45, 7) is 3.40. The lowest BCUT2D eigenvalue weighted by atomic mass is 10.0. The van der Waals surface area contributed by atoms with Crippen molar-refractivity contribution in [2.24, 2.45) is 5.73 Å². The standard InChI is InChI=1S/C10H10F3N.ClH/c1-2-3-9(14)10-7(12)4-6(11)5-8(10)13;/h2,4-5,9H,1,3,14H2;1H/t9-;/m1./s1. The number of nitrogens with two attached hydrogens (primary N) is 1. The first-order valence-corrected chi connectivity index (χ1v) is 4.07. The summed E-state index contributed by atoms with van der Waals surface area (Å²) in [5, 5.41) is 0. The molecule has 0 aliphatic heterocycles. The molecule has 0 amide bonds. The van der Waals surface area contributed by atoms with Gasteiger partial charge in [0.05, 0.1) is 0 Å². The average molecular weight is 238 g/mol. The zero-order valence-electron chi connectivity index (χ0n) is 7.84. The summed E-state index contributed by atoms with van der Waals surface area (Å²) in [6.07, 6.45) is 1.69. The van der Waals surface area contributed by atoms with Crippen molar-refractivity contribution < 1.29 is 13.2 Å². The molecular weight excluding hydrogens is 227 g/mol. The highest BCUT2D eigenvalue weighted by Gasteiger charge is 2.16. The topological polar surface area (TPSA) is 26.0 Å². The van der Waals surface area contributed by atoms with Crippen molar-refractivity contribution >= 4 is 12.4 Å². The van der Waals surface area contributed by atoms with E-state index in [9.17, 15) is 13.2 Å². The molecule has 2 N–H and O–H groups in total. The van der Waals surface area contributed by atoms with E-state index in [1.165, 1.54) is 6.08 Å². The Labute approximate surface area is 92.2 Å². The van der Waals surface area contributed by atoms with E-state index in [1.54, 1.807) is 0 Å². The molecule has 0 saturated carbocycles. The van der Waals surface area contributed by atoms with Gasteiger partial charge in [-0.05, 0) is 6.42 Å². The normalized spacial score (nSPS) is 11.7. The number of rotatable bonds is 3. The summed E-state index contributed by atoms with van der Waals surface area (Å²) in [4.78, 5) is 0. The molecular formula is C10H11ClF3N. The van der Waals surface area contributed by atoms with Gasteiger partial charge in [0.2, 0.25) is 0 Å². The number of hydrogen-bond donors (Lipinski definition) is 1. The van der Waals surface area contributed by atoms with Crippen LogP contribution in [0.3, 0.4) is 0 Å². The fourth-order valence-electron chi connectivity index (χ4n) is 1.20. The zero-order chi connectivity index (χ0) is 10.7. The lowest BCUT2D eigenvalue weighted by Crippen LogP contribution is -2.13. The molecule has 1 nitrogen and oxygen atoms in total. The maximum absolute atomic E-state index is 13.1. The highest BCUT2D eigenvalue weighted by Crippen LogP contribution is 2.22. The molecule has 0 saturated heterocycles. The van der Waals surface area contributed by atoms with Crippen molar-refractivity contribution in [1.29, 1.82) is 0 Å². The Morgan fingerprint density at radius 1 is 1.27 bits per heavy atom. The molecule has 0 aromatic heterocycles. The van der Waals surface area contributed by atoms with Crippen LogP contribution in [-0.4, -0.2) is 0 Å². The number of hydrogen-bond acceptors (Lipinski definition) is 1. The summed E-state index contributed by atoms with van der Waals surface area (Å²) in [7, 11) is 0. The van der Waals surface area contributed by atoms with Gasteiger partial charge in [0.1, 0.15) is 17.5 Å². The van der Waals surface area contributed by atoms with Gasteiger partial charge in [-0.2, -0.15) is 0 Å². The quantitative estimate of drug-likeness (QED) is 0.804. The van der Waals surface area contributed by atoms with Crippen LogP contribution >= 0.6 is 12.4 Å². The van der Waals surface area contributed by atoms with Crippen molar-refractivity contribution in [2.75, 3.05) is 0 Å². The SMILES string of the molecule is C=CC[C@@H](N)c1c(F)cc(F)cc1F.Cl. The van der Waals surface area contributed by atoms with E-state index in [2.05, 4.69) is 6.58 Å². The van der Waals surface area contributed by atoms with Crippen LogP contribution in [0.25, 0.3) is 0 Å². The Morgan fingerprint density at radius 3 is 2.13 bits per heavy atom. The van der Waals surface area contributed by atoms with Gasteiger partial charge >= 0.3 is 0 Å². The fourth-order valence-corrected chi connectivity index (χ4v) is 1.20. The Hall–Kier alpha value is -1.00. The van der Waals surface area contributed by atoms with E-state index in [0.29, 0.717) is 12.1 Å². The van der Waals surface area contributed by atoms with Crippen molar-refractivity contribution in [3.05, 3.63) is 47.8 Å². The van der Waals surface area contributed by atoms with Gasteiger partial charge in [-0.15, -0.1) is 19.0 Å². The van der Waals surface area contributed by atoms with E-state index in [4.69, 9.17) is 5.73 Å². The summed E-state index contributed by atoms with van der Waals surface area (Å²) >= 11 is 0. The molecule has 0 heterocycles. The van der Waals surface area contributed by atoms with Gasteiger partial charge in [-0.1, -0.05) is 6.08 Å². The third-order valence-electron chi connectivity index (χ3n) is 1.84. The summed E-state index contributed by atoms with van der Waals surface area (Å²) in [6, 6.07) is 0.399. The van der Waals surface area contributed by atoms with E-state index >= 15 is 0 Å². The first-order valence-electron chi connectivity index (χ1n) is 4.07. The number of benzene rings is 1. The summed E-state index contributed by atoms with van der Waals surface area (Å²) in [5.74, 6) is -2.87. The molecule has 5 heteroatoms. The van der Waals surface area contributed by atoms with Crippen LogP contribution in [0.2, 0.25) is 0 Å². The largest absolute Gasteiger partial charge is 0.324 e. The predicted octanol–water partition coefficient (Wildman–Crippen LogP) is 3.10. The summed E-state index contributed by atoms with van der Waals surface area (Å²) in [5.41, 5.74) is 5.18. The van der Waals surface area contributed by atoms with Crippen LogP contribution < -0.4 is 5.73 Å². The monoisotopic (exact) mass is 237 g/mol. The molecule has 0 bridgehead atoms. The van der Waals surface area contributed by atoms with E-state index < -0.39 is 23.5 Å². The van der Waals surface area contributed by atoms with Crippen molar-refractivity contribution in [3.63, 3.8) is 0 Å². The maximum Gasteiger partial charge on any atom is 0.133 e. The molecule has 0 aliphatic rings. The third kappa shape index (κ3) is 3.25. The van der Waals surface area contributed by atoms with Crippen LogP contribution in [0, 0.1) is 17.5 Å². The van der Waals surface area contributed by atoms with E-state index in [-0.39, 0.29) is 24.4 Å². The first kappa shape index (κ1) is 14.0. The Morgan fingerprint density at radius 2 is 1.73 bits per heavy atom. The van der Waals surface area contributed by atoms with Gasteiger partial charge in [-0.25, -0.2) is 13.2 Å². The lowest BCUT2D eigenvalue weighted by Gasteiger charge is -2.11. The molecule has 0 unspecified atom stereocenters. The molecule has 0 aliphatic carbocycles. The molecule has 84 valence electrons. The van der Waals surface area contributed by atoms with Gasteiger partial charge < -0.3 is 5.73 Å². The first-order chi connectivity index (χ1) is 6.56. The Bertz CT molecular complexity index is 332. The Balaban J connectivity index is 0.00000196. The maximum atomic E-state index is 13.1. The molecule has 1 rings (SSSR count). The highest BCUT2D eigenvalue weighted by atomic mass is 35.5. The van der Waals surface area contributed by atoms with Crippen molar-refractivity contribution in [3.8, 4) is 0 Å². The summed E-state index contributed by atoms with van der Waals surface area (Å²) < 4.78 is 38.7. The highest BCUT2D eigenvalue weighted by molar-refractivity contribution is 5.85. The minimum absolute atomic E-state index is 0. The van der Waals surface area contributed by atoms with Crippen molar-refractivity contribution in [2.45, 2.75) is 12.5 Å². The van der Waals surface area contributed by atoms with Gasteiger partial charge in [0, 0.05) is 23.7 Å².